The molecule has 2 aromatic heterocycles. The molecule has 8 aromatic rings. The Morgan fingerprint density at radius 3 is 2.02 bits per heavy atom. The largest absolute Gasteiger partial charge is 0.436 e. The zero-order valence-electron chi connectivity index (χ0n) is 28.3. The zero-order valence-corrected chi connectivity index (χ0v) is 28.3. The number of hydrogen-bond donors (Lipinski definition) is 0. The van der Waals surface area contributed by atoms with Gasteiger partial charge in [0.1, 0.15) is 16.8 Å². The number of aromatic nitrogens is 2. The Kier molecular flexibility index (Phi) is 5.67. The summed E-state index contributed by atoms with van der Waals surface area (Å²) >= 11 is 0. The van der Waals surface area contributed by atoms with Crippen LogP contribution in [0.25, 0.3) is 77.7 Å². The van der Waals surface area contributed by atoms with Crippen molar-refractivity contribution in [3.63, 3.8) is 0 Å². The molecule has 0 N–H and O–H groups in total. The molecule has 13 rings (SSSR count). The fourth-order valence-electron chi connectivity index (χ4n) is 11.6. The zero-order chi connectivity index (χ0) is 33.3. The number of benzene rings is 6. The highest BCUT2D eigenvalue weighted by molar-refractivity contribution is 6.09. The van der Waals surface area contributed by atoms with Gasteiger partial charge in [0.05, 0.1) is 5.69 Å². The molecular weight excluding hydrogens is 621 g/mol. The topological polar surface area (TPSA) is 38.9 Å². The molecular formula is C48H36N2O. The van der Waals surface area contributed by atoms with Gasteiger partial charge in [0.25, 0.3) is 0 Å². The van der Waals surface area contributed by atoms with Gasteiger partial charge in [-0.25, -0.2) is 9.97 Å². The molecule has 0 unspecified atom stereocenters. The smallest absolute Gasteiger partial charge is 0.246 e. The third kappa shape index (κ3) is 3.79. The lowest BCUT2D eigenvalue weighted by atomic mass is 9.43. The minimum Gasteiger partial charge on any atom is -0.436 e. The maximum Gasteiger partial charge on any atom is 0.246 e. The number of rotatable bonds is 3. The minimum absolute atomic E-state index is 0.127. The molecule has 0 atom stereocenters. The molecule has 0 aliphatic heterocycles. The van der Waals surface area contributed by atoms with E-state index in [2.05, 4.69) is 115 Å². The van der Waals surface area contributed by atoms with E-state index in [-0.39, 0.29) is 5.41 Å². The van der Waals surface area contributed by atoms with Crippen molar-refractivity contribution in [2.45, 2.75) is 37.5 Å². The number of fused-ring (bicyclic) bond motifs is 7. The van der Waals surface area contributed by atoms with Crippen molar-refractivity contribution in [2.24, 2.45) is 23.7 Å². The predicted octanol–water partition coefficient (Wildman–Crippen LogP) is 12.3. The molecule has 244 valence electrons. The lowest BCUT2D eigenvalue weighted by Gasteiger charge is -2.61. The standard InChI is InChI=1S/C48H36N2O/c1-2-10-31(11-3-1)44-45(49-46-38-15-5-7-19-42(38)51-47(46)50-44)39-17-9-13-30-12-8-16-35(43(30)39)32-20-21-37-36-14-4-6-18-40(36)48(41(37)27-32)33-23-28-22-29(25-33)26-34(48)24-28/h1-21,27-29,33-34H,22-26H2. The van der Waals surface area contributed by atoms with Gasteiger partial charge in [-0.05, 0) is 118 Å². The van der Waals surface area contributed by atoms with Crippen molar-refractivity contribution in [3.8, 4) is 44.8 Å². The second-order valence-corrected chi connectivity index (χ2v) is 15.7. The van der Waals surface area contributed by atoms with Gasteiger partial charge in [-0.2, -0.15) is 0 Å². The molecule has 4 fully saturated rings. The SMILES string of the molecule is c1ccc(-c2nc3oc4ccccc4c3nc2-c2cccc3cccc(-c4ccc5c(c4)C4(c6ccccc6-5)C5CC6CC(C5)CC4C6)c23)cc1. The maximum atomic E-state index is 6.28. The van der Waals surface area contributed by atoms with E-state index in [1.54, 1.807) is 11.1 Å². The van der Waals surface area contributed by atoms with Crippen LogP contribution in [0.2, 0.25) is 0 Å². The van der Waals surface area contributed by atoms with Crippen LogP contribution in [0.3, 0.4) is 0 Å². The average Bonchev–Trinajstić information content (AvgIpc) is 3.69. The summed E-state index contributed by atoms with van der Waals surface area (Å²) in [7, 11) is 0. The summed E-state index contributed by atoms with van der Waals surface area (Å²) in [5, 5.41) is 3.41. The van der Waals surface area contributed by atoms with Crippen LogP contribution >= 0.6 is 0 Å². The maximum absolute atomic E-state index is 6.28. The Hall–Kier alpha value is -5.54. The van der Waals surface area contributed by atoms with Crippen LogP contribution in [0.1, 0.15) is 43.2 Å². The van der Waals surface area contributed by atoms with Crippen LogP contribution in [0.4, 0.5) is 0 Å². The Labute approximate surface area is 297 Å². The first-order chi connectivity index (χ1) is 25.2. The molecule has 0 saturated heterocycles. The fraction of sp³-hybridized carbons (Fsp3) is 0.208. The summed E-state index contributed by atoms with van der Waals surface area (Å²) in [6.45, 7) is 0. The molecule has 0 amide bonds. The van der Waals surface area contributed by atoms with E-state index >= 15 is 0 Å². The second-order valence-electron chi connectivity index (χ2n) is 15.7. The normalized spacial score (nSPS) is 24.2. The number of hydrogen-bond acceptors (Lipinski definition) is 3. The van der Waals surface area contributed by atoms with Crippen LogP contribution in [0.5, 0.6) is 0 Å². The number of para-hydroxylation sites is 1. The molecule has 3 nitrogen and oxygen atoms in total. The quantitative estimate of drug-likeness (QED) is 0.190. The Balaban J connectivity index is 1.11. The first-order valence-corrected chi connectivity index (χ1v) is 18.8. The molecule has 1 spiro atoms. The summed E-state index contributed by atoms with van der Waals surface area (Å²) < 4.78 is 6.28. The lowest BCUT2D eigenvalue weighted by molar-refractivity contribution is -0.0399. The summed E-state index contributed by atoms with van der Waals surface area (Å²) in [5.41, 5.74) is 14.8. The molecule has 51 heavy (non-hydrogen) atoms. The van der Waals surface area contributed by atoms with Crippen LogP contribution in [-0.2, 0) is 5.41 Å². The highest BCUT2D eigenvalue weighted by Gasteiger charge is 2.61. The first-order valence-electron chi connectivity index (χ1n) is 18.8. The van der Waals surface area contributed by atoms with Crippen molar-refractivity contribution in [2.75, 3.05) is 0 Å². The third-order valence-corrected chi connectivity index (χ3v) is 13.3. The number of nitrogens with zero attached hydrogens (tertiary/aromatic N) is 2. The summed E-state index contributed by atoms with van der Waals surface area (Å²) in [6, 6.07) is 48.8. The van der Waals surface area contributed by atoms with E-state index in [1.165, 1.54) is 65.1 Å². The van der Waals surface area contributed by atoms with Gasteiger partial charge >= 0.3 is 0 Å². The van der Waals surface area contributed by atoms with E-state index in [0.717, 1.165) is 62.7 Å². The molecule has 6 aromatic carbocycles. The molecule has 5 aliphatic rings. The monoisotopic (exact) mass is 656 g/mol. The molecule has 4 bridgehead atoms. The minimum atomic E-state index is 0.127. The van der Waals surface area contributed by atoms with Crippen LogP contribution in [0, 0.1) is 23.7 Å². The summed E-state index contributed by atoms with van der Waals surface area (Å²) in [6.07, 6.45) is 7.00. The third-order valence-electron chi connectivity index (χ3n) is 13.3. The Bertz CT molecular complexity index is 2690. The highest BCUT2D eigenvalue weighted by atomic mass is 16.3. The molecule has 4 saturated carbocycles. The van der Waals surface area contributed by atoms with Crippen molar-refractivity contribution >= 4 is 33.0 Å². The van der Waals surface area contributed by atoms with E-state index in [1.807, 2.05) is 18.2 Å². The van der Waals surface area contributed by atoms with Crippen molar-refractivity contribution in [1.29, 1.82) is 0 Å². The van der Waals surface area contributed by atoms with Crippen LogP contribution in [-0.4, -0.2) is 9.97 Å². The lowest BCUT2D eigenvalue weighted by Crippen LogP contribution is -2.55. The molecule has 0 radical (unpaired) electrons. The van der Waals surface area contributed by atoms with E-state index in [0.29, 0.717) is 5.71 Å². The van der Waals surface area contributed by atoms with Gasteiger partial charge < -0.3 is 4.42 Å². The van der Waals surface area contributed by atoms with E-state index in [9.17, 15) is 0 Å². The summed E-state index contributed by atoms with van der Waals surface area (Å²) in [4.78, 5) is 10.6. The van der Waals surface area contributed by atoms with Gasteiger partial charge in [-0.3, -0.25) is 0 Å². The van der Waals surface area contributed by atoms with E-state index in [4.69, 9.17) is 14.4 Å². The summed E-state index contributed by atoms with van der Waals surface area (Å²) in [5.74, 6) is 3.30. The van der Waals surface area contributed by atoms with Gasteiger partial charge in [0.15, 0.2) is 0 Å². The van der Waals surface area contributed by atoms with Gasteiger partial charge in [-0.1, -0.05) is 115 Å². The predicted molar refractivity (Wildman–Crippen MR) is 206 cm³/mol. The van der Waals surface area contributed by atoms with Gasteiger partial charge in [0.2, 0.25) is 5.71 Å². The molecule has 5 aliphatic carbocycles. The fourth-order valence-corrected chi connectivity index (χ4v) is 11.6. The Morgan fingerprint density at radius 2 is 1.20 bits per heavy atom. The van der Waals surface area contributed by atoms with Crippen molar-refractivity contribution in [3.05, 3.63) is 145 Å². The molecule has 2 heterocycles. The van der Waals surface area contributed by atoms with Crippen LogP contribution in [0.15, 0.2) is 138 Å². The first kappa shape index (κ1) is 28.2. The van der Waals surface area contributed by atoms with Crippen molar-refractivity contribution < 1.29 is 4.42 Å². The van der Waals surface area contributed by atoms with Gasteiger partial charge in [-0.15, -0.1) is 0 Å². The van der Waals surface area contributed by atoms with E-state index < -0.39 is 0 Å². The van der Waals surface area contributed by atoms with Crippen molar-refractivity contribution in [1.82, 2.24) is 9.97 Å². The average molecular weight is 657 g/mol. The van der Waals surface area contributed by atoms with Gasteiger partial charge in [0, 0.05) is 21.9 Å². The molecule has 3 heteroatoms. The second kappa shape index (κ2) is 10.3. The Morgan fingerprint density at radius 1 is 0.510 bits per heavy atom. The highest BCUT2D eigenvalue weighted by Crippen LogP contribution is 2.69. The number of furan rings is 1. The van der Waals surface area contributed by atoms with Crippen LogP contribution < -0.4 is 0 Å².